The largest absolute Gasteiger partial charge is 0.494 e. The number of rotatable bonds is 10. The molecule has 2 amide bonds. The van der Waals surface area contributed by atoms with Crippen LogP contribution in [0.1, 0.15) is 82.4 Å². The molecule has 13 heteroatoms. The zero-order valence-corrected chi connectivity index (χ0v) is 29.2. The lowest BCUT2D eigenvalue weighted by Gasteiger charge is -2.39. The molecule has 0 saturated carbocycles. The van der Waals surface area contributed by atoms with E-state index in [9.17, 15) is 31.9 Å². The number of hydrogen-bond donors (Lipinski definition) is 0. The van der Waals surface area contributed by atoms with Gasteiger partial charge in [0.25, 0.3) is 5.56 Å². The first-order valence-corrected chi connectivity index (χ1v) is 17.3. The molecular weight excluding hydrogens is 654 g/mol. The number of ether oxygens (including phenoxy) is 1. The quantitative estimate of drug-likeness (QED) is 0.230. The molecule has 0 aliphatic carbocycles. The van der Waals surface area contributed by atoms with Crippen LogP contribution in [0.3, 0.4) is 0 Å². The number of alkyl halides is 3. The molecule has 270 valence electrons. The van der Waals surface area contributed by atoms with Crippen LogP contribution in [0.5, 0.6) is 5.75 Å². The van der Waals surface area contributed by atoms with Crippen LogP contribution < -0.4 is 15.2 Å². The van der Waals surface area contributed by atoms with E-state index in [1.165, 1.54) is 22.5 Å². The van der Waals surface area contributed by atoms with Crippen molar-refractivity contribution < 1.29 is 31.9 Å². The molecule has 1 atom stereocenters. The Morgan fingerprint density at radius 1 is 1.04 bits per heavy atom. The zero-order chi connectivity index (χ0) is 36.3. The predicted molar refractivity (Wildman–Crippen MR) is 182 cm³/mol. The molecule has 0 bridgehead atoms. The number of hydrogen-bond acceptors (Lipinski definition) is 6. The van der Waals surface area contributed by atoms with Gasteiger partial charge >= 0.3 is 6.18 Å². The van der Waals surface area contributed by atoms with Crippen LogP contribution in [0.2, 0.25) is 0 Å². The molecule has 1 aromatic heterocycles. The molecule has 1 saturated heterocycles. The second-order valence-corrected chi connectivity index (χ2v) is 13.4. The van der Waals surface area contributed by atoms with Gasteiger partial charge in [-0.2, -0.15) is 13.2 Å². The van der Waals surface area contributed by atoms with Gasteiger partial charge in [0.1, 0.15) is 23.2 Å². The van der Waals surface area contributed by atoms with Gasteiger partial charge in [0.15, 0.2) is 0 Å². The van der Waals surface area contributed by atoms with Crippen molar-refractivity contribution in [1.82, 2.24) is 19.4 Å². The van der Waals surface area contributed by atoms with Crippen LogP contribution in [-0.2, 0) is 28.6 Å². The highest BCUT2D eigenvalue weighted by Crippen LogP contribution is 2.34. The molecule has 0 spiro atoms. The molecule has 2 aliphatic heterocycles. The average Bonchev–Trinajstić information content (AvgIpc) is 3.07. The Morgan fingerprint density at radius 3 is 2.32 bits per heavy atom. The number of nitrogens with zero attached hydrogens (tertiary/aromatic N) is 5. The van der Waals surface area contributed by atoms with Crippen molar-refractivity contribution in [1.29, 1.82) is 0 Å². The van der Waals surface area contributed by atoms with Crippen LogP contribution in [0, 0.1) is 11.7 Å². The van der Waals surface area contributed by atoms with Crippen molar-refractivity contribution in [3.8, 4) is 11.4 Å². The highest BCUT2D eigenvalue weighted by atomic mass is 19.4. The first-order valence-electron chi connectivity index (χ1n) is 17.3. The minimum Gasteiger partial charge on any atom is -0.494 e. The van der Waals surface area contributed by atoms with E-state index in [-0.39, 0.29) is 41.1 Å². The molecule has 9 nitrogen and oxygen atoms in total. The van der Waals surface area contributed by atoms with Crippen molar-refractivity contribution in [2.75, 3.05) is 37.7 Å². The minimum atomic E-state index is -4.93. The highest BCUT2D eigenvalue weighted by Gasteiger charge is 2.36. The van der Waals surface area contributed by atoms with Gasteiger partial charge in [0.05, 0.1) is 35.9 Å². The number of carbonyl (C=O) groups is 2. The number of amides is 2. The summed E-state index contributed by atoms with van der Waals surface area (Å²) in [6.45, 7) is 12.0. The standard InChI is InChI=1S/C37H45F4N5O4/c1-6-50-29-12-10-28(11-13-29)46-34(42-35-30(36(46)49)8-7-17-44(35)25(5)47)24(4)45(22-26-15-18-43(19-16-26)23(2)3)33(48)21-27-9-14-32(38)31(20-27)37(39,40)41/h9-14,20,23-24,26H,6-8,15-19,21-22H2,1-5H3/t24-/m1/s1. The van der Waals surface area contributed by atoms with Crippen LogP contribution in [0.25, 0.3) is 5.69 Å². The maximum absolute atomic E-state index is 14.4. The Hall–Kier alpha value is -4.26. The summed E-state index contributed by atoms with van der Waals surface area (Å²) in [5, 5.41) is 0. The Kier molecular flexibility index (Phi) is 11.3. The summed E-state index contributed by atoms with van der Waals surface area (Å²) in [5.41, 5.74) is -0.908. The summed E-state index contributed by atoms with van der Waals surface area (Å²) in [5.74, 6) is -1.02. The minimum absolute atomic E-state index is 0.0145. The molecule has 50 heavy (non-hydrogen) atoms. The SMILES string of the molecule is CCOc1ccc(-n2c([C@@H](C)N(CC3CCN(C(C)C)CC3)C(=O)Cc3ccc(F)c(C(F)(F)F)c3)nc3c(c2=O)CCCN3C(C)=O)cc1. The zero-order valence-electron chi connectivity index (χ0n) is 29.2. The molecule has 0 unspecified atom stereocenters. The monoisotopic (exact) mass is 699 g/mol. The summed E-state index contributed by atoms with van der Waals surface area (Å²) in [6.07, 6.45) is -2.76. The third-order valence-corrected chi connectivity index (χ3v) is 9.72. The number of anilines is 1. The van der Waals surface area contributed by atoms with Gasteiger partial charge in [-0.05, 0) is 114 Å². The van der Waals surface area contributed by atoms with E-state index < -0.39 is 35.9 Å². The number of halogens is 4. The van der Waals surface area contributed by atoms with Crippen molar-refractivity contribution in [3.05, 3.63) is 81.2 Å². The fourth-order valence-electron chi connectivity index (χ4n) is 6.94. The molecule has 1 fully saturated rings. The van der Waals surface area contributed by atoms with Crippen LogP contribution in [0.15, 0.2) is 47.3 Å². The highest BCUT2D eigenvalue weighted by molar-refractivity contribution is 5.91. The number of benzene rings is 2. The van der Waals surface area contributed by atoms with E-state index in [4.69, 9.17) is 9.72 Å². The van der Waals surface area contributed by atoms with Gasteiger partial charge in [-0.15, -0.1) is 0 Å². The van der Waals surface area contributed by atoms with E-state index >= 15 is 0 Å². The summed E-state index contributed by atoms with van der Waals surface area (Å²) in [4.78, 5) is 51.7. The van der Waals surface area contributed by atoms with Gasteiger partial charge in [0, 0.05) is 26.1 Å². The van der Waals surface area contributed by atoms with E-state index in [1.807, 2.05) is 6.92 Å². The Balaban J connectivity index is 1.61. The molecule has 2 aromatic carbocycles. The fourth-order valence-corrected chi connectivity index (χ4v) is 6.94. The van der Waals surface area contributed by atoms with E-state index in [2.05, 4.69) is 18.7 Å². The van der Waals surface area contributed by atoms with Gasteiger partial charge in [-0.3, -0.25) is 23.9 Å². The van der Waals surface area contributed by atoms with Crippen molar-refractivity contribution in [2.24, 2.45) is 5.92 Å². The second-order valence-electron chi connectivity index (χ2n) is 13.4. The van der Waals surface area contributed by atoms with Crippen LogP contribution >= 0.6 is 0 Å². The number of likely N-dealkylation sites (tertiary alicyclic amines) is 1. The van der Waals surface area contributed by atoms with Gasteiger partial charge in [-0.1, -0.05) is 6.07 Å². The summed E-state index contributed by atoms with van der Waals surface area (Å²) in [6, 6.07) is 9.04. The summed E-state index contributed by atoms with van der Waals surface area (Å²) >= 11 is 0. The number of piperidine rings is 1. The Bertz CT molecular complexity index is 1750. The van der Waals surface area contributed by atoms with Crippen molar-refractivity contribution in [3.63, 3.8) is 0 Å². The van der Waals surface area contributed by atoms with Crippen LogP contribution in [0.4, 0.5) is 23.4 Å². The topological polar surface area (TPSA) is 88.0 Å². The summed E-state index contributed by atoms with van der Waals surface area (Å²) < 4.78 is 62.0. The second kappa shape index (κ2) is 15.3. The maximum atomic E-state index is 14.4. The van der Waals surface area contributed by atoms with Gasteiger partial charge < -0.3 is 14.5 Å². The first-order chi connectivity index (χ1) is 23.7. The molecule has 2 aliphatic rings. The lowest BCUT2D eigenvalue weighted by Crippen LogP contribution is -2.46. The molecular formula is C37H45F4N5O4. The predicted octanol–water partition coefficient (Wildman–Crippen LogP) is 6.34. The van der Waals surface area contributed by atoms with Gasteiger partial charge in [-0.25, -0.2) is 9.37 Å². The smallest absolute Gasteiger partial charge is 0.419 e. The van der Waals surface area contributed by atoms with E-state index in [0.717, 1.165) is 32.0 Å². The van der Waals surface area contributed by atoms with E-state index in [1.54, 1.807) is 36.1 Å². The number of fused-ring (bicyclic) bond motifs is 1. The molecule has 5 rings (SSSR count). The normalized spacial score (nSPS) is 16.3. The molecule has 3 heterocycles. The lowest BCUT2D eigenvalue weighted by atomic mass is 9.94. The fraction of sp³-hybridized carbons (Fsp3) is 0.514. The Morgan fingerprint density at radius 2 is 1.72 bits per heavy atom. The van der Waals surface area contributed by atoms with Crippen LogP contribution in [-0.4, -0.2) is 70.0 Å². The lowest BCUT2D eigenvalue weighted by molar-refractivity contribution is -0.140. The third kappa shape index (κ3) is 8.03. The average molecular weight is 700 g/mol. The third-order valence-electron chi connectivity index (χ3n) is 9.72. The van der Waals surface area contributed by atoms with E-state index in [0.29, 0.717) is 55.1 Å². The van der Waals surface area contributed by atoms with Crippen molar-refractivity contribution in [2.45, 2.75) is 85.0 Å². The number of aromatic nitrogens is 2. The van der Waals surface area contributed by atoms with Crippen molar-refractivity contribution >= 4 is 17.6 Å². The first kappa shape index (κ1) is 37.0. The molecule has 3 aromatic rings. The van der Waals surface area contributed by atoms with Gasteiger partial charge in [0.2, 0.25) is 11.8 Å². The number of carbonyl (C=O) groups excluding carboxylic acids is 2. The maximum Gasteiger partial charge on any atom is 0.419 e. The molecule has 0 radical (unpaired) electrons. The molecule has 0 N–H and O–H groups in total. The Labute approximate surface area is 289 Å². The summed E-state index contributed by atoms with van der Waals surface area (Å²) in [7, 11) is 0.